The molecule has 0 aromatic heterocycles. The number of aryl methyl sites for hydroxylation is 2. The van der Waals surface area contributed by atoms with E-state index in [1.54, 1.807) is 0 Å². The fourth-order valence-electron chi connectivity index (χ4n) is 4.66. The standard InChI is InChI=1S/C31H38N2O2/c34-31(18-15-27-13-16-30(17-14-27)35-25-29-10-5-2-6-11-29)32-24-28-19-22-33(23-20-28)21-7-12-26-8-3-1-4-9-26/h1-6,8-11,13-14,16-17,28H,7,12,15,18-25H2,(H,32,34). The molecule has 35 heavy (non-hydrogen) atoms. The number of amides is 1. The van der Waals surface area contributed by atoms with Crippen LogP contribution in [0, 0.1) is 5.92 Å². The number of hydrogen-bond donors (Lipinski definition) is 1. The summed E-state index contributed by atoms with van der Waals surface area (Å²) in [5.41, 5.74) is 3.75. The van der Waals surface area contributed by atoms with Gasteiger partial charge in [0.1, 0.15) is 12.4 Å². The molecule has 1 amide bonds. The van der Waals surface area contributed by atoms with Gasteiger partial charge in [0.15, 0.2) is 0 Å². The summed E-state index contributed by atoms with van der Waals surface area (Å²) in [7, 11) is 0. The molecule has 4 nitrogen and oxygen atoms in total. The van der Waals surface area contributed by atoms with Crippen molar-refractivity contribution in [3.05, 3.63) is 102 Å². The Morgan fingerprint density at radius 1 is 0.800 bits per heavy atom. The van der Waals surface area contributed by atoms with E-state index in [9.17, 15) is 4.79 Å². The lowest BCUT2D eigenvalue weighted by molar-refractivity contribution is -0.121. The van der Waals surface area contributed by atoms with Crippen LogP contribution in [0.3, 0.4) is 0 Å². The number of piperidine rings is 1. The largest absolute Gasteiger partial charge is 0.489 e. The van der Waals surface area contributed by atoms with Crippen LogP contribution < -0.4 is 10.1 Å². The molecule has 184 valence electrons. The van der Waals surface area contributed by atoms with Crippen LogP contribution in [0.5, 0.6) is 5.75 Å². The summed E-state index contributed by atoms with van der Waals surface area (Å²) in [4.78, 5) is 15.0. The first-order valence-electron chi connectivity index (χ1n) is 13.0. The summed E-state index contributed by atoms with van der Waals surface area (Å²) in [6, 6.07) is 29.0. The van der Waals surface area contributed by atoms with Gasteiger partial charge in [0.05, 0.1) is 0 Å². The van der Waals surface area contributed by atoms with Gasteiger partial charge in [-0.05, 0) is 86.5 Å². The molecule has 0 aliphatic carbocycles. The summed E-state index contributed by atoms with van der Waals surface area (Å²) in [5, 5.41) is 3.17. The molecule has 4 rings (SSSR count). The van der Waals surface area contributed by atoms with Crippen LogP contribution in [0.25, 0.3) is 0 Å². The van der Waals surface area contributed by atoms with E-state index in [0.717, 1.165) is 49.4 Å². The van der Waals surface area contributed by atoms with E-state index in [1.807, 2.05) is 30.3 Å². The summed E-state index contributed by atoms with van der Waals surface area (Å²) in [5.74, 6) is 1.61. The molecule has 3 aromatic rings. The maximum Gasteiger partial charge on any atom is 0.220 e. The molecular weight excluding hydrogens is 432 g/mol. The molecule has 0 atom stereocenters. The summed E-state index contributed by atoms with van der Waals surface area (Å²) in [6.45, 7) is 4.84. The predicted molar refractivity (Wildman–Crippen MR) is 142 cm³/mol. The minimum Gasteiger partial charge on any atom is -0.489 e. The van der Waals surface area contributed by atoms with E-state index in [-0.39, 0.29) is 5.91 Å². The zero-order valence-electron chi connectivity index (χ0n) is 20.7. The Morgan fingerprint density at radius 2 is 1.43 bits per heavy atom. The van der Waals surface area contributed by atoms with Crippen molar-refractivity contribution in [2.45, 2.75) is 45.1 Å². The summed E-state index contributed by atoms with van der Waals surface area (Å²) >= 11 is 0. The third-order valence-corrected chi connectivity index (χ3v) is 6.89. The van der Waals surface area contributed by atoms with E-state index in [2.05, 4.69) is 64.8 Å². The van der Waals surface area contributed by atoms with Gasteiger partial charge in [0.2, 0.25) is 5.91 Å². The van der Waals surface area contributed by atoms with Crippen molar-refractivity contribution in [2.75, 3.05) is 26.2 Å². The molecule has 0 spiro atoms. The normalized spacial score (nSPS) is 14.5. The van der Waals surface area contributed by atoms with Gasteiger partial charge in [-0.2, -0.15) is 0 Å². The Labute approximate surface area is 210 Å². The topological polar surface area (TPSA) is 41.6 Å². The third kappa shape index (κ3) is 8.88. The number of benzene rings is 3. The lowest BCUT2D eigenvalue weighted by Crippen LogP contribution is -2.39. The number of likely N-dealkylation sites (tertiary alicyclic amines) is 1. The molecule has 0 saturated carbocycles. The smallest absolute Gasteiger partial charge is 0.220 e. The number of nitrogens with one attached hydrogen (secondary N) is 1. The Hall–Kier alpha value is -3.11. The van der Waals surface area contributed by atoms with Crippen molar-refractivity contribution in [1.82, 2.24) is 10.2 Å². The SMILES string of the molecule is O=C(CCc1ccc(OCc2ccccc2)cc1)NCC1CCN(CCCc2ccccc2)CC1. The van der Waals surface area contributed by atoms with E-state index in [1.165, 1.54) is 31.4 Å². The second kappa shape index (κ2) is 13.7. The fourth-order valence-corrected chi connectivity index (χ4v) is 4.66. The first-order chi connectivity index (χ1) is 17.2. The van der Waals surface area contributed by atoms with Gasteiger partial charge < -0.3 is 15.0 Å². The fraction of sp³-hybridized carbons (Fsp3) is 0.387. The van der Waals surface area contributed by atoms with Gasteiger partial charge in [0, 0.05) is 13.0 Å². The zero-order valence-corrected chi connectivity index (χ0v) is 20.7. The predicted octanol–water partition coefficient (Wildman–Crippen LogP) is 5.66. The van der Waals surface area contributed by atoms with Crippen molar-refractivity contribution < 1.29 is 9.53 Å². The lowest BCUT2D eigenvalue weighted by Gasteiger charge is -2.32. The average molecular weight is 471 g/mol. The van der Waals surface area contributed by atoms with Gasteiger partial charge in [-0.15, -0.1) is 0 Å². The Morgan fingerprint density at radius 3 is 2.11 bits per heavy atom. The quantitative estimate of drug-likeness (QED) is 0.371. The number of carbonyl (C=O) groups is 1. The molecule has 1 fully saturated rings. The zero-order chi connectivity index (χ0) is 24.1. The number of hydrogen-bond acceptors (Lipinski definition) is 3. The second-order valence-electron chi connectivity index (χ2n) is 9.60. The molecule has 4 heteroatoms. The minimum atomic E-state index is 0.152. The van der Waals surface area contributed by atoms with Gasteiger partial charge in [-0.25, -0.2) is 0 Å². The molecule has 1 N–H and O–H groups in total. The van der Waals surface area contributed by atoms with Gasteiger partial charge in [-0.1, -0.05) is 72.8 Å². The van der Waals surface area contributed by atoms with Crippen LogP contribution in [0.4, 0.5) is 0 Å². The first-order valence-corrected chi connectivity index (χ1v) is 13.0. The van der Waals surface area contributed by atoms with Gasteiger partial charge in [0.25, 0.3) is 0 Å². The lowest BCUT2D eigenvalue weighted by atomic mass is 9.96. The van der Waals surface area contributed by atoms with E-state index < -0.39 is 0 Å². The van der Waals surface area contributed by atoms with Crippen LogP contribution in [-0.2, 0) is 24.2 Å². The molecule has 1 heterocycles. The molecule has 1 saturated heterocycles. The average Bonchev–Trinajstić information content (AvgIpc) is 2.92. The molecule has 1 aliphatic heterocycles. The van der Waals surface area contributed by atoms with Gasteiger partial charge in [-0.3, -0.25) is 4.79 Å². The maximum atomic E-state index is 12.4. The van der Waals surface area contributed by atoms with Crippen molar-refractivity contribution in [3.63, 3.8) is 0 Å². The number of carbonyl (C=O) groups excluding carboxylic acids is 1. The molecule has 0 unspecified atom stereocenters. The van der Waals surface area contributed by atoms with Crippen LogP contribution in [0.15, 0.2) is 84.9 Å². The van der Waals surface area contributed by atoms with Crippen LogP contribution >= 0.6 is 0 Å². The van der Waals surface area contributed by atoms with Crippen LogP contribution in [0.2, 0.25) is 0 Å². The Bertz CT molecular complexity index is 997. The second-order valence-corrected chi connectivity index (χ2v) is 9.60. The maximum absolute atomic E-state index is 12.4. The Balaban J connectivity index is 1.06. The van der Waals surface area contributed by atoms with Gasteiger partial charge >= 0.3 is 0 Å². The molecule has 3 aromatic carbocycles. The van der Waals surface area contributed by atoms with E-state index in [0.29, 0.717) is 18.9 Å². The summed E-state index contributed by atoms with van der Waals surface area (Å²) in [6.07, 6.45) is 6.01. The van der Waals surface area contributed by atoms with Crippen molar-refractivity contribution >= 4 is 5.91 Å². The van der Waals surface area contributed by atoms with Crippen molar-refractivity contribution in [1.29, 1.82) is 0 Å². The highest BCUT2D eigenvalue weighted by atomic mass is 16.5. The van der Waals surface area contributed by atoms with Crippen LogP contribution in [0.1, 0.15) is 42.4 Å². The van der Waals surface area contributed by atoms with E-state index >= 15 is 0 Å². The highest BCUT2D eigenvalue weighted by Gasteiger charge is 2.19. The minimum absolute atomic E-state index is 0.152. The van der Waals surface area contributed by atoms with Crippen molar-refractivity contribution in [2.24, 2.45) is 5.92 Å². The Kier molecular flexibility index (Phi) is 9.78. The third-order valence-electron chi connectivity index (χ3n) is 6.89. The molecule has 1 aliphatic rings. The van der Waals surface area contributed by atoms with Crippen LogP contribution in [-0.4, -0.2) is 37.0 Å². The highest BCUT2D eigenvalue weighted by molar-refractivity contribution is 5.76. The molecule has 0 bridgehead atoms. The summed E-state index contributed by atoms with van der Waals surface area (Å²) < 4.78 is 5.85. The molecule has 0 radical (unpaired) electrons. The van der Waals surface area contributed by atoms with Crippen molar-refractivity contribution in [3.8, 4) is 5.75 Å². The number of nitrogens with zero attached hydrogens (tertiary/aromatic N) is 1. The number of ether oxygens (including phenoxy) is 1. The number of rotatable bonds is 12. The first kappa shape index (κ1) is 25.0. The highest BCUT2D eigenvalue weighted by Crippen LogP contribution is 2.18. The molecular formula is C31H38N2O2. The van der Waals surface area contributed by atoms with E-state index in [4.69, 9.17) is 4.74 Å². The monoisotopic (exact) mass is 470 g/mol.